The van der Waals surface area contributed by atoms with E-state index in [1.165, 1.54) is 26.7 Å². The average molecular weight is 355 g/mol. The summed E-state index contributed by atoms with van der Waals surface area (Å²) in [5, 5.41) is 16.0. The van der Waals surface area contributed by atoms with Gasteiger partial charge in [-0.25, -0.2) is 0 Å². The van der Waals surface area contributed by atoms with Crippen LogP contribution in [-0.4, -0.2) is 21.3 Å². The van der Waals surface area contributed by atoms with Crippen LogP contribution in [0.2, 0.25) is 0 Å². The lowest BCUT2D eigenvalue weighted by Gasteiger charge is -2.50. The molecule has 0 spiro atoms. The molecule has 2 heterocycles. The molecular formula is C21H26N2OS. The monoisotopic (exact) mass is 354 g/mol. The molecule has 4 rings (SSSR count). The fraction of sp³-hybridized carbons (Fsp3) is 0.429. The zero-order valence-corrected chi connectivity index (χ0v) is 16.0. The number of hydrogen-bond donors (Lipinski definition) is 2. The van der Waals surface area contributed by atoms with Gasteiger partial charge in [-0.3, -0.25) is 0 Å². The zero-order chi connectivity index (χ0) is 17.7. The number of benzene rings is 2. The molecule has 0 amide bonds. The van der Waals surface area contributed by atoms with Crippen LogP contribution in [0, 0.1) is 0 Å². The van der Waals surface area contributed by atoms with Crippen LogP contribution >= 0.6 is 11.8 Å². The minimum absolute atomic E-state index is 0.158. The number of nitrogens with zero attached hydrogens (tertiary/aromatic N) is 1. The molecule has 1 fully saturated rings. The maximum atomic E-state index is 10.8. The molecule has 3 nitrogen and oxygen atoms in total. The van der Waals surface area contributed by atoms with Crippen LogP contribution in [0.4, 0.5) is 11.4 Å². The lowest BCUT2D eigenvalue weighted by atomic mass is 9.78. The first-order chi connectivity index (χ1) is 11.9. The van der Waals surface area contributed by atoms with Crippen LogP contribution in [0.5, 0.6) is 0 Å². The summed E-state index contributed by atoms with van der Waals surface area (Å²) in [4.78, 5) is 2.53. The van der Waals surface area contributed by atoms with Crippen molar-refractivity contribution in [2.24, 2.45) is 0 Å². The quantitative estimate of drug-likeness (QED) is 0.605. The smallest absolute Gasteiger partial charge is 0.0529 e. The van der Waals surface area contributed by atoms with Crippen LogP contribution in [0.15, 0.2) is 52.3 Å². The van der Waals surface area contributed by atoms with Crippen molar-refractivity contribution in [3.63, 3.8) is 0 Å². The summed E-state index contributed by atoms with van der Waals surface area (Å²) in [5.74, 6) is 0. The molecule has 0 aromatic heterocycles. The summed E-state index contributed by atoms with van der Waals surface area (Å²) in [5.41, 5.74) is 3.24. The van der Waals surface area contributed by atoms with Gasteiger partial charge in [0.05, 0.1) is 11.4 Å². The third kappa shape index (κ3) is 3.07. The number of anilines is 2. The summed E-state index contributed by atoms with van der Waals surface area (Å²) in [6.07, 6.45) is 4.08. The Kier molecular flexibility index (Phi) is 4.10. The summed E-state index contributed by atoms with van der Waals surface area (Å²) in [6.45, 7) is 6.45. The molecule has 2 aliphatic heterocycles. The number of para-hydroxylation sites is 1. The Balaban J connectivity index is 1.59. The first kappa shape index (κ1) is 17.0. The van der Waals surface area contributed by atoms with Gasteiger partial charge >= 0.3 is 0 Å². The van der Waals surface area contributed by atoms with Gasteiger partial charge in [-0.15, -0.1) is 0 Å². The van der Waals surface area contributed by atoms with Crippen LogP contribution in [0.3, 0.4) is 0 Å². The highest BCUT2D eigenvalue weighted by molar-refractivity contribution is 7.99. The van der Waals surface area contributed by atoms with Gasteiger partial charge in [0, 0.05) is 20.9 Å². The van der Waals surface area contributed by atoms with Crippen molar-refractivity contribution in [1.82, 2.24) is 5.06 Å². The van der Waals surface area contributed by atoms with Gasteiger partial charge in [0.2, 0.25) is 0 Å². The van der Waals surface area contributed by atoms with Crippen molar-refractivity contribution >= 4 is 23.1 Å². The molecule has 2 N–H and O–H groups in total. The predicted molar refractivity (Wildman–Crippen MR) is 104 cm³/mol. The van der Waals surface area contributed by atoms with Gasteiger partial charge in [-0.1, -0.05) is 30.0 Å². The summed E-state index contributed by atoms with van der Waals surface area (Å²) >= 11 is 1.81. The molecular weight excluding hydrogens is 328 g/mol. The van der Waals surface area contributed by atoms with Crippen LogP contribution in [-0.2, 0) is 6.42 Å². The number of nitrogens with one attached hydrogen (secondary N) is 1. The Morgan fingerprint density at radius 1 is 1.04 bits per heavy atom. The van der Waals surface area contributed by atoms with E-state index >= 15 is 0 Å². The molecule has 0 aliphatic carbocycles. The van der Waals surface area contributed by atoms with Crippen molar-refractivity contribution in [2.75, 3.05) is 5.32 Å². The predicted octanol–water partition coefficient (Wildman–Crippen LogP) is 5.85. The van der Waals surface area contributed by atoms with E-state index < -0.39 is 0 Å². The maximum absolute atomic E-state index is 10.8. The van der Waals surface area contributed by atoms with E-state index in [0.717, 1.165) is 25.7 Å². The first-order valence-electron chi connectivity index (χ1n) is 9.04. The second kappa shape index (κ2) is 6.04. The van der Waals surface area contributed by atoms with E-state index in [1.54, 1.807) is 5.06 Å². The SMILES string of the molecule is CC1(C)CCCC(C)(Cc2ccc3c(c2)Nc2ccccc2S3)N1O. The van der Waals surface area contributed by atoms with E-state index in [9.17, 15) is 5.21 Å². The Labute approximate surface area is 154 Å². The second-order valence-corrected chi connectivity index (χ2v) is 9.29. The zero-order valence-electron chi connectivity index (χ0n) is 15.2. The third-order valence-electron chi connectivity index (χ3n) is 5.59. The second-order valence-electron chi connectivity index (χ2n) is 8.21. The van der Waals surface area contributed by atoms with Crippen LogP contribution in [0.1, 0.15) is 45.6 Å². The molecule has 0 saturated carbocycles. The molecule has 2 aliphatic rings. The van der Waals surface area contributed by atoms with Crippen molar-refractivity contribution in [3.05, 3.63) is 48.0 Å². The van der Waals surface area contributed by atoms with Crippen LogP contribution < -0.4 is 5.32 Å². The Bertz CT molecular complexity index is 804. The number of piperidine rings is 1. The highest BCUT2D eigenvalue weighted by Crippen LogP contribution is 2.45. The van der Waals surface area contributed by atoms with Gasteiger partial charge in [0.1, 0.15) is 0 Å². The third-order valence-corrected chi connectivity index (χ3v) is 6.75. The van der Waals surface area contributed by atoms with E-state index in [0.29, 0.717) is 0 Å². The van der Waals surface area contributed by atoms with Crippen molar-refractivity contribution in [3.8, 4) is 0 Å². The van der Waals surface area contributed by atoms with Gasteiger partial charge in [0.15, 0.2) is 0 Å². The number of fused-ring (bicyclic) bond motifs is 2. The fourth-order valence-corrected chi connectivity index (χ4v) is 5.21. The lowest BCUT2D eigenvalue weighted by Crippen LogP contribution is -2.59. The van der Waals surface area contributed by atoms with Crippen molar-refractivity contribution in [2.45, 2.75) is 67.3 Å². The number of hydroxylamine groups is 2. The van der Waals surface area contributed by atoms with Gasteiger partial charge in [-0.2, -0.15) is 5.06 Å². The molecule has 0 radical (unpaired) electrons. The molecule has 1 saturated heterocycles. The van der Waals surface area contributed by atoms with E-state index in [4.69, 9.17) is 0 Å². The fourth-order valence-electron chi connectivity index (χ4n) is 4.24. The Hall–Kier alpha value is -1.49. The molecule has 4 heteroatoms. The molecule has 2 aromatic carbocycles. The normalized spacial score (nSPS) is 25.0. The molecule has 132 valence electrons. The summed E-state index contributed by atoms with van der Waals surface area (Å²) in [6, 6.07) is 15.1. The van der Waals surface area contributed by atoms with Gasteiger partial charge in [0.25, 0.3) is 0 Å². The van der Waals surface area contributed by atoms with Crippen molar-refractivity contribution in [1.29, 1.82) is 0 Å². The summed E-state index contributed by atoms with van der Waals surface area (Å²) in [7, 11) is 0. The largest absolute Gasteiger partial charge is 0.354 e. The highest BCUT2D eigenvalue weighted by atomic mass is 32.2. The lowest BCUT2D eigenvalue weighted by molar-refractivity contribution is -0.247. The molecule has 1 unspecified atom stereocenters. The Morgan fingerprint density at radius 3 is 2.64 bits per heavy atom. The van der Waals surface area contributed by atoms with Gasteiger partial charge < -0.3 is 10.5 Å². The van der Waals surface area contributed by atoms with E-state index in [2.05, 4.69) is 68.6 Å². The van der Waals surface area contributed by atoms with E-state index in [1.807, 2.05) is 11.8 Å². The minimum Gasteiger partial charge on any atom is -0.354 e. The maximum Gasteiger partial charge on any atom is 0.0529 e. The molecule has 2 aromatic rings. The number of rotatable bonds is 2. The summed E-state index contributed by atoms with van der Waals surface area (Å²) < 4.78 is 0. The topological polar surface area (TPSA) is 35.5 Å². The molecule has 1 atom stereocenters. The Morgan fingerprint density at radius 2 is 1.80 bits per heavy atom. The first-order valence-corrected chi connectivity index (χ1v) is 9.85. The van der Waals surface area contributed by atoms with Crippen LogP contribution in [0.25, 0.3) is 0 Å². The van der Waals surface area contributed by atoms with Crippen molar-refractivity contribution < 1.29 is 5.21 Å². The van der Waals surface area contributed by atoms with Gasteiger partial charge in [-0.05, 0) is 76.3 Å². The minimum atomic E-state index is -0.213. The average Bonchev–Trinajstić information content (AvgIpc) is 2.58. The highest BCUT2D eigenvalue weighted by Gasteiger charge is 2.43. The standard InChI is InChI=1S/C21H26N2OS/c1-20(2)11-6-12-21(3,23(20)24)14-15-9-10-19-17(13-15)22-16-7-4-5-8-18(16)25-19/h4-5,7-10,13,22,24H,6,11-12,14H2,1-3H3. The van der Waals surface area contributed by atoms with E-state index in [-0.39, 0.29) is 11.1 Å². The number of hydrogen-bond acceptors (Lipinski definition) is 4. The molecule has 25 heavy (non-hydrogen) atoms. The molecule has 0 bridgehead atoms.